The van der Waals surface area contributed by atoms with Crippen molar-refractivity contribution in [1.82, 2.24) is 29.8 Å². The van der Waals surface area contributed by atoms with E-state index < -0.39 is 0 Å². The summed E-state index contributed by atoms with van der Waals surface area (Å²) in [5.74, 6) is 2.24. The van der Waals surface area contributed by atoms with Crippen molar-refractivity contribution in [2.45, 2.75) is 6.92 Å². The molecule has 1 aromatic heterocycles. The summed E-state index contributed by atoms with van der Waals surface area (Å²) < 4.78 is 1.86. The van der Waals surface area contributed by atoms with Crippen LogP contribution >= 0.6 is 0 Å². The van der Waals surface area contributed by atoms with E-state index in [1.54, 1.807) is 6.20 Å². The van der Waals surface area contributed by atoms with Crippen LogP contribution in [0.15, 0.2) is 36.5 Å². The summed E-state index contributed by atoms with van der Waals surface area (Å²) in [5.41, 5.74) is 2.68. The lowest BCUT2D eigenvalue weighted by molar-refractivity contribution is 0.861. The normalized spacial score (nSPS) is 11.4. The van der Waals surface area contributed by atoms with Crippen LogP contribution in [0, 0.1) is 6.92 Å². The SMILES string of the molecule is Cc1nc2nncc-2c2nc(-c3ccccc3)[nH]n12. The highest BCUT2D eigenvalue weighted by Crippen LogP contribution is 2.24. The van der Waals surface area contributed by atoms with Crippen LogP contribution in [-0.2, 0) is 0 Å². The van der Waals surface area contributed by atoms with E-state index in [9.17, 15) is 0 Å². The molecular weight excluding hydrogens is 240 g/mol. The Morgan fingerprint density at radius 3 is 2.79 bits per heavy atom. The largest absolute Gasteiger partial charge is 0.274 e. The number of rotatable bonds is 1. The van der Waals surface area contributed by atoms with Gasteiger partial charge >= 0.3 is 0 Å². The Hall–Kier alpha value is -2.76. The number of H-pyrrole nitrogens is 1. The highest BCUT2D eigenvalue weighted by molar-refractivity contribution is 5.74. The molecule has 1 N–H and O–H groups in total. The fraction of sp³-hybridized carbons (Fsp3) is 0.0769. The average Bonchev–Trinajstić information content (AvgIpc) is 3.05. The number of nitrogens with zero attached hydrogens (tertiary/aromatic N) is 5. The highest BCUT2D eigenvalue weighted by atomic mass is 15.3. The average molecular weight is 250 g/mol. The van der Waals surface area contributed by atoms with Crippen molar-refractivity contribution >= 4 is 5.65 Å². The van der Waals surface area contributed by atoms with Gasteiger partial charge in [0, 0.05) is 5.56 Å². The first-order valence-electron chi connectivity index (χ1n) is 5.95. The van der Waals surface area contributed by atoms with Gasteiger partial charge in [-0.05, 0) is 6.92 Å². The van der Waals surface area contributed by atoms with Gasteiger partial charge in [-0.2, -0.15) is 5.10 Å². The van der Waals surface area contributed by atoms with Gasteiger partial charge in [0.15, 0.2) is 17.3 Å². The first-order chi connectivity index (χ1) is 9.33. The Labute approximate surface area is 108 Å². The lowest BCUT2D eigenvalue weighted by Crippen LogP contribution is -2.00. The van der Waals surface area contributed by atoms with Crippen LogP contribution in [0.1, 0.15) is 5.82 Å². The number of nitrogens with one attached hydrogen (secondary N) is 1. The molecule has 0 atom stereocenters. The first-order valence-corrected chi connectivity index (χ1v) is 5.95. The third kappa shape index (κ3) is 1.43. The van der Waals surface area contributed by atoms with Crippen molar-refractivity contribution in [3.05, 3.63) is 42.4 Å². The van der Waals surface area contributed by atoms with Crippen LogP contribution in [0.25, 0.3) is 28.4 Å². The maximum Gasteiger partial charge on any atom is 0.188 e. The molecule has 3 heterocycles. The van der Waals surface area contributed by atoms with Crippen LogP contribution in [-0.4, -0.2) is 29.8 Å². The van der Waals surface area contributed by atoms with Gasteiger partial charge in [-0.15, -0.1) is 5.10 Å². The molecule has 6 heteroatoms. The predicted octanol–water partition coefficient (Wildman–Crippen LogP) is 1.93. The zero-order valence-electron chi connectivity index (χ0n) is 10.2. The van der Waals surface area contributed by atoms with E-state index in [1.807, 2.05) is 41.8 Å². The van der Waals surface area contributed by atoms with Crippen molar-refractivity contribution in [3.8, 4) is 22.8 Å². The first kappa shape index (κ1) is 10.2. The minimum Gasteiger partial charge on any atom is -0.274 e. The minimum atomic E-state index is 0.628. The molecule has 4 rings (SSSR count). The molecule has 2 aliphatic heterocycles. The molecule has 0 saturated heterocycles. The second-order valence-corrected chi connectivity index (χ2v) is 4.34. The second-order valence-electron chi connectivity index (χ2n) is 4.34. The number of fused-ring (bicyclic) bond motifs is 3. The molecule has 19 heavy (non-hydrogen) atoms. The van der Waals surface area contributed by atoms with Crippen LogP contribution in [0.2, 0.25) is 0 Å². The summed E-state index contributed by atoms with van der Waals surface area (Å²) >= 11 is 0. The molecule has 0 unspecified atom stereocenters. The van der Waals surface area contributed by atoms with Crippen molar-refractivity contribution in [1.29, 1.82) is 0 Å². The van der Waals surface area contributed by atoms with Gasteiger partial charge in [0.1, 0.15) is 5.82 Å². The molecule has 92 valence electrons. The summed E-state index contributed by atoms with van der Waals surface area (Å²) in [5, 5.41) is 11.1. The summed E-state index contributed by atoms with van der Waals surface area (Å²) in [7, 11) is 0. The van der Waals surface area contributed by atoms with Crippen molar-refractivity contribution in [2.75, 3.05) is 0 Å². The third-order valence-corrected chi connectivity index (χ3v) is 3.11. The smallest absolute Gasteiger partial charge is 0.188 e. The van der Waals surface area contributed by atoms with E-state index >= 15 is 0 Å². The summed E-state index contributed by atoms with van der Waals surface area (Å²) in [6.45, 7) is 1.91. The monoisotopic (exact) mass is 250 g/mol. The minimum absolute atomic E-state index is 0.628. The molecule has 0 aliphatic carbocycles. The molecule has 0 saturated carbocycles. The fourth-order valence-corrected chi connectivity index (χ4v) is 2.18. The van der Waals surface area contributed by atoms with Gasteiger partial charge in [0.2, 0.25) is 0 Å². The maximum atomic E-state index is 4.63. The molecule has 0 amide bonds. The Morgan fingerprint density at radius 2 is 1.95 bits per heavy atom. The van der Waals surface area contributed by atoms with Crippen LogP contribution in [0.4, 0.5) is 0 Å². The van der Waals surface area contributed by atoms with E-state index in [4.69, 9.17) is 0 Å². The van der Waals surface area contributed by atoms with Crippen molar-refractivity contribution in [3.63, 3.8) is 0 Å². The molecule has 2 aliphatic rings. The topological polar surface area (TPSA) is 71.8 Å². The Kier molecular flexibility index (Phi) is 1.94. The van der Waals surface area contributed by atoms with E-state index in [1.165, 1.54) is 0 Å². The van der Waals surface area contributed by atoms with Gasteiger partial charge in [0.05, 0.1) is 11.8 Å². The van der Waals surface area contributed by atoms with Gasteiger partial charge in [-0.3, -0.25) is 5.10 Å². The molecule has 0 radical (unpaired) electrons. The van der Waals surface area contributed by atoms with E-state index in [0.717, 1.165) is 28.4 Å². The maximum absolute atomic E-state index is 4.63. The quantitative estimate of drug-likeness (QED) is 0.560. The van der Waals surface area contributed by atoms with Crippen LogP contribution in [0.5, 0.6) is 0 Å². The molecule has 2 aromatic rings. The molecular formula is C13H10N6. The Balaban J connectivity index is 2.05. The van der Waals surface area contributed by atoms with Crippen LogP contribution in [0.3, 0.4) is 0 Å². The lowest BCUT2D eigenvalue weighted by atomic mass is 10.2. The van der Waals surface area contributed by atoms with E-state index in [-0.39, 0.29) is 0 Å². The van der Waals surface area contributed by atoms with Crippen molar-refractivity contribution in [2.24, 2.45) is 0 Å². The fourth-order valence-electron chi connectivity index (χ4n) is 2.18. The van der Waals surface area contributed by atoms with Crippen LogP contribution < -0.4 is 0 Å². The second kappa shape index (κ2) is 3.61. The molecule has 0 spiro atoms. The number of benzene rings is 1. The standard InChI is InChI=1S/C13H10N6/c1-8-15-12-10(7-14-17-12)13-16-11(18-19(8)13)9-5-3-2-4-6-9/h2-7H,1H3,(H,16,18). The van der Waals surface area contributed by atoms with Gasteiger partial charge in [0.25, 0.3) is 0 Å². The van der Waals surface area contributed by atoms with E-state index in [2.05, 4.69) is 25.3 Å². The number of hydrogen-bond acceptors (Lipinski definition) is 4. The highest BCUT2D eigenvalue weighted by Gasteiger charge is 2.17. The Bertz CT molecular complexity index is 829. The van der Waals surface area contributed by atoms with Gasteiger partial charge in [-0.1, -0.05) is 30.3 Å². The number of hydrogen-bond donors (Lipinski definition) is 1. The van der Waals surface area contributed by atoms with Gasteiger partial charge in [-0.25, -0.2) is 14.5 Å². The summed E-state index contributed by atoms with van der Waals surface area (Å²) in [6.07, 6.45) is 1.69. The molecule has 6 nitrogen and oxygen atoms in total. The summed E-state index contributed by atoms with van der Waals surface area (Å²) in [6, 6.07) is 9.98. The zero-order chi connectivity index (χ0) is 12.8. The molecule has 1 aromatic carbocycles. The molecule has 0 bridgehead atoms. The third-order valence-electron chi connectivity index (χ3n) is 3.11. The zero-order valence-corrected chi connectivity index (χ0v) is 10.2. The van der Waals surface area contributed by atoms with E-state index in [0.29, 0.717) is 5.82 Å². The lowest BCUT2D eigenvalue weighted by Gasteiger charge is -2.01. The van der Waals surface area contributed by atoms with Crippen molar-refractivity contribution < 1.29 is 0 Å². The van der Waals surface area contributed by atoms with Gasteiger partial charge < -0.3 is 0 Å². The summed E-state index contributed by atoms with van der Waals surface area (Å²) in [4.78, 5) is 9.02. The number of aromatic nitrogens is 6. The Morgan fingerprint density at radius 1 is 1.11 bits per heavy atom. The molecule has 0 fully saturated rings. The number of aromatic amines is 1. The number of aryl methyl sites for hydroxylation is 1. The predicted molar refractivity (Wildman–Crippen MR) is 69.7 cm³/mol.